The number of fused-ring (bicyclic) bond motifs is 1. The molecule has 2 aliphatic carbocycles. The van der Waals surface area contributed by atoms with Crippen LogP contribution in [0.3, 0.4) is 0 Å². The minimum atomic E-state index is -1.13. The summed E-state index contributed by atoms with van der Waals surface area (Å²) in [6.07, 6.45) is 5.04. The molecule has 0 bridgehead atoms. The Morgan fingerprint density at radius 1 is 1.27 bits per heavy atom. The Bertz CT molecular complexity index is 1110. The standard InChI is InChI=1S/C24H23FN2O3/c1-14-20(3-2-4-21(14)25)24(23(29)26-30)10-9-16(12-24)15-5-8-19-17(11-15)13-27(22(19)28)18-6-7-18/h2-5,8,11-12,18,30H,6-7,9-10,13H2,1H3,(H,26,29)/t24-/m0/s1. The molecule has 1 aliphatic heterocycles. The molecule has 1 saturated carbocycles. The van der Waals surface area contributed by atoms with Crippen molar-refractivity contribution in [1.29, 1.82) is 0 Å². The first-order valence-corrected chi connectivity index (χ1v) is 10.3. The molecule has 154 valence electrons. The molecule has 0 aromatic heterocycles. The number of nitrogens with zero attached hydrogens (tertiary/aromatic N) is 1. The van der Waals surface area contributed by atoms with Crippen LogP contribution in [0.4, 0.5) is 4.39 Å². The smallest absolute Gasteiger partial charge is 0.257 e. The van der Waals surface area contributed by atoms with Crippen LogP contribution in [0.1, 0.15) is 58.3 Å². The van der Waals surface area contributed by atoms with Gasteiger partial charge >= 0.3 is 0 Å². The Morgan fingerprint density at radius 3 is 2.80 bits per heavy atom. The predicted octanol–water partition coefficient (Wildman–Crippen LogP) is 3.87. The molecule has 1 heterocycles. The van der Waals surface area contributed by atoms with Crippen molar-refractivity contribution in [2.75, 3.05) is 0 Å². The van der Waals surface area contributed by atoms with E-state index >= 15 is 0 Å². The van der Waals surface area contributed by atoms with E-state index in [-0.39, 0.29) is 11.7 Å². The van der Waals surface area contributed by atoms with E-state index in [1.54, 1.807) is 24.5 Å². The maximum atomic E-state index is 14.2. The molecule has 2 amide bonds. The van der Waals surface area contributed by atoms with Crippen LogP contribution >= 0.6 is 0 Å². The molecular weight excluding hydrogens is 383 g/mol. The summed E-state index contributed by atoms with van der Waals surface area (Å²) in [7, 11) is 0. The summed E-state index contributed by atoms with van der Waals surface area (Å²) in [6, 6.07) is 10.9. The number of nitrogens with one attached hydrogen (secondary N) is 1. The van der Waals surface area contributed by atoms with E-state index in [9.17, 15) is 19.2 Å². The molecule has 2 aromatic carbocycles. The van der Waals surface area contributed by atoms with Gasteiger partial charge in [-0.1, -0.05) is 24.3 Å². The highest BCUT2D eigenvalue weighted by Gasteiger charge is 2.44. The Morgan fingerprint density at radius 2 is 2.07 bits per heavy atom. The van der Waals surface area contributed by atoms with Crippen LogP contribution in [0.5, 0.6) is 0 Å². The van der Waals surface area contributed by atoms with Gasteiger partial charge in [-0.05, 0) is 78.6 Å². The van der Waals surface area contributed by atoms with Crippen LogP contribution in [0, 0.1) is 12.7 Å². The third-order valence-electron chi connectivity index (χ3n) is 6.76. The van der Waals surface area contributed by atoms with Crippen LogP contribution in [-0.2, 0) is 16.8 Å². The highest BCUT2D eigenvalue weighted by Crippen LogP contribution is 2.45. The number of hydroxylamine groups is 1. The lowest BCUT2D eigenvalue weighted by molar-refractivity contribution is -0.133. The van der Waals surface area contributed by atoms with Gasteiger partial charge in [-0.2, -0.15) is 0 Å². The monoisotopic (exact) mass is 406 g/mol. The predicted molar refractivity (Wildman–Crippen MR) is 109 cm³/mol. The average molecular weight is 406 g/mol. The van der Waals surface area contributed by atoms with Gasteiger partial charge in [0.15, 0.2) is 0 Å². The van der Waals surface area contributed by atoms with Crippen molar-refractivity contribution in [2.45, 2.75) is 50.6 Å². The largest absolute Gasteiger partial charge is 0.331 e. The minimum absolute atomic E-state index is 0.101. The average Bonchev–Trinajstić information content (AvgIpc) is 3.41. The summed E-state index contributed by atoms with van der Waals surface area (Å²) in [5.74, 6) is -0.845. The maximum Gasteiger partial charge on any atom is 0.257 e. The summed E-state index contributed by atoms with van der Waals surface area (Å²) in [5, 5.41) is 9.42. The van der Waals surface area contributed by atoms with Crippen LogP contribution in [-0.4, -0.2) is 28.0 Å². The van der Waals surface area contributed by atoms with Gasteiger partial charge in [-0.3, -0.25) is 14.8 Å². The van der Waals surface area contributed by atoms with Gasteiger partial charge in [0.05, 0.1) is 5.41 Å². The van der Waals surface area contributed by atoms with Gasteiger partial charge in [-0.15, -0.1) is 0 Å². The van der Waals surface area contributed by atoms with Crippen molar-refractivity contribution >= 4 is 17.4 Å². The number of allylic oxidation sites excluding steroid dienone is 1. The van der Waals surface area contributed by atoms with Crippen molar-refractivity contribution in [3.8, 4) is 0 Å². The lowest BCUT2D eigenvalue weighted by atomic mass is 9.77. The van der Waals surface area contributed by atoms with Crippen molar-refractivity contribution in [3.05, 3.63) is 76.1 Å². The first kappa shape index (κ1) is 19.0. The summed E-state index contributed by atoms with van der Waals surface area (Å²) in [4.78, 5) is 27.3. The van der Waals surface area contributed by atoms with Gasteiger partial charge in [0.2, 0.25) is 0 Å². The molecule has 0 unspecified atom stereocenters. The van der Waals surface area contributed by atoms with E-state index in [2.05, 4.69) is 0 Å². The number of carbonyl (C=O) groups is 2. The molecule has 2 N–H and O–H groups in total. The van der Waals surface area contributed by atoms with E-state index in [0.717, 1.165) is 35.1 Å². The maximum absolute atomic E-state index is 14.2. The number of hydrogen-bond acceptors (Lipinski definition) is 3. The Labute approximate surface area is 174 Å². The fraction of sp³-hybridized carbons (Fsp3) is 0.333. The normalized spacial score (nSPS) is 22.8. The van der Waals surface area contributed by atoms with E-state index in [4.69, 9.17) is 0 Å². The molecule has 30 heavy (non-hydrogen) atoms. The highest BCUT2D eigenvalue weighted by molar-refractivity contribution is 5.99. The number of hydrogen-bond donors (Lipinski definition) is 2. The topological polar surface area (TPSA) is 69.6 Å². The minimum Gasteiger partial charge on any atom is -0.331 e. The second-order valence-corrected chi connectivity index (χ2v) is 8.53. The summed E-state index contributed by atoms with van der Waals surface area (Å²) in [5.41, 5.74) is 5.29. The molecule has 0 radical (unpaired) electrons. The molecular formula is C24H23FN2O3. The van der Waals surface area contributed by atoms with Crippen molar-refractivity contribution in [3.63, 3.8) is 0 Å². The summed E-state index contributed by atoms with van der Waals surface area (Å²) >= 11 is 0. The van der Waals surface area contributed by atoms with Crippen molar-refractivity contribution in [2.24, 2.45) is 0 Å². The SMILES string of the molecule is Cc1c(F)cccc1[C@@]1(C(=O)NO)C=C(c2ccc3c(c2)CN(C2CC2)C3=O)CC1. The highest BCUT2D eigenvalue weighted by atomic mass is 19.1. The quantitative estimate of drug-likeness (QED) is 0.598. The third kappa shape index (κ3) is 2.78. The molecule has 1 atom stereocenters. The Hall–Kier alpha value is -2.99. The molecule has 0 saturated heterocycles. The molecule has 5 nitrogen and oxygen atoms in total. The number of carbonyl (C=O) groups excluding carboxylic acids is 2. The first-order valence-electron chi connectivity index (χ1n) is 10.3. The molecule has 5 rings (SSSR count). The number of benzene rings is 2. The third-order valence-corrected chi connectivity index (χ3v) is 6.76. The molecule has 3 aliphatic rings. The van der Waals surface area contributed by atoms with Crippen LogP contribution in [0.15, 0.2) is 42.5 Å². The zero-order valence-electron chi connectivity index (χ0n) is 16.7. The van der Waals surface area contributed by atoms with Crippen molar-refractivity contribution in [1.82, 2.24) is 10.4 Å². The molecule has 1 fully saturated rings. The van der Waals surface area contributed by atoms with Crippen LogP contribution in [0.2, 0.25) is 0 Å². The van der Waals surface area contributed by atoms with E-state index in [1.807, 2.05) is 29.2 Å². The second-order valence-electron chi connectivity index (χ2n) is 8.53. The molecule has 2 aromatic rings. The van der Waals surface area contributed by atoms with E-state index < -0.39 is 11.3 Å². The Balaban J connectivity index is 1.55. The van der Waals surface area contributed by atoms with Crippen molar-refractivity contribution < 1.29 is 19.2 Å². The van der Waals surface area contributed by atoms with Gasteiger partial charge in [0.25, 0.3) is 11.8 Å². The Kier molecular flexibility index (Phi) is 4.29. The lowest BCUT2D eigenvalue weighted by Crippen LogP contribution is -2.41. The number of amides is 2. The lowest BCUT2D eigenvalue weighted by Gasteiger charge is -2.27. The van der Waals surface area contributed by atoms with E-state index in [1.165, 1.54) is 6.07 Å². The zero-order valence-corrected chi connectivity index (χ0v) is 16.7. The second kappa shape index (κ2) is 6.77. The number of rotatable bonds is 4. The molecule has 0 spiro atoms. The van der Waals surface area contributed by atoms with Gasteiger partial charge in [0, 0.05) is 18.2 Å². The van der Waals surface area contributed by atoms with Gasteiger partial charge in [0.1, 0.15) is 5.82 Å². The first-order chi connectivity index (χ1) is 14.4. The van der Waals surface area contributed by atoms with Crippen LogP contribution < -0.4 is 5.48 Å². The number of halogens is 1. The summed E-state index contributed by atoms with van der Waals surface area (Å²) in [6.45, 7) is 2.28. The van der Waals surface area contributed by atoms with E-state index in [0.29, 0.717) is 36.6 Å². The fourth-order valence-electron chi connectivity index (χ4n) is 4.93. The summed E-state index contributed by atoms with van der Waals surface area (Å²) < 4.78 is 14.2. The zero-order chi connectivity index (χ0) is 21.0. The van der Waals surface area contributed by atoms with Crippen LogP contribution in [0.25, 0.3) is 5.57 Å². The van der Waals surface area contributed by atoms with Gasteiger partial charge < -0.3 is 4.90 Å². The molecule has 6 heteroatoms. The van der Waals surface area contributed by atoms with Gasteiger partial charge in [-0.25, -0.2) is 9.87 Å². The fourth-order valence-corrected chi connectivity index (χ4v) is 4.93.